The predicted octanol–water partition coefficient (Wildman–Crippen LogP) is 1.61. The molecule has 160 valence electrons. The number of aryl methyl sites for hydroxylation is 2. The van der Waals surface area contributed by atoms with Gasteiger partial charge in [0.05, 0.1) is 33.3 Å². The highest BCUT2D eigenvalue weighted by Gasteiger charge is 2.25. The van der Waals surface area contributed by atoms with Crippen LogP contribution in [0.25, 0.3) is 0 Å². The van der Waals surface area contributed by atoms with E-state index in [1.807, 2.05) is 61.2 Å². The third-order valence-corrected chi connectivity index (χ3v) is 5.90. The van der Waals surface area contributed by atoms with Gasteiger partial charge in [-0.3, -0.25) is 9.59 Å². The van der Waals surface area contributed by atoms with Crippen LogP contribution in [0.2, 0.25) is 0 Å². The molecule has 6 nitrogen and oxygen atoms in total. The Balaban J connectivity index is 1.40. The van der Waals surface area contributed by atoms with Crippen LogP contribution in [-0.4, -0.2) is 56.5 Å². The standard InChI is InChI=1S/C24H31N3O3/c1-18-5-4-6-22(19(18)2)25-23(28)17-26-13-15-27(16-14-26)24(29)12-9-20-7-10-21(30-3)11-8-20/h4-8,10-11H,9,12-17H2,1-3H3,(H,25,28)/p+1. The molecule has 0 unspecified atom stereocenters. The van der Waals surface area contributed by atoms with Gasteiger partial charge in [0, 0.05) is 12.1 Å². The van der Waals surface area contributed by atoms with Crippen LogP contribution in [0.4, 0.5) is 5.69 Å². The maximum Gasteiger partial charge on any atom is 0.279 e. The van der Waals surface area contributed by atoms with Gasteiger partial charge in [0.15, 0.2) is 6.54 Å². The first-order chi connectivity index (χ1) is 14.5. The number of nitrogens with zero attached hydrogens (tertiary/aromatic N) is 1. The molecule has 0 atom stereocenters. The minimum absolute atomic E-state index is 0.0259. The lowest BCUT2D eigenvalue weighted by atomic mass is 10.1. The lowest BCUT2D eigenvalue weighted by molar-refractivity contribution is -0.895. The Bertz CT molecular complexity index is 872. The molecule has 0 saturated carbocycles. The van der Waals surface area contributed by atoms with E-state index in [0.29, 0.717) is 26.1 Å². The van der Waals surface area contributed by atoms with Gasteiger partial charge in [-0.1, -0.05) is 24.3 Å². The summed E-state index contributed by atoms with van der Waals surface area (Å²) in [5.41, 5.74) is 4.29. The Morgan fingerprint density at radius 1 is 1.07 bits per heavy atom. The lowest BCUT2D eigenvalue weighted by Gasteiger charge is -2.32. The second-order valence-corrected chi connectivity index (χ2v) is 7.95. The molecule has 6 heteroatoms. The fraction of sp³-hybridized carbons (Fsp3) is 0.417. The fourth-order valence-electron chi connectivity index (χ4n) is 3.76. The first-order valence-corrected chi connectivity index (χ1v) is 10.6. The van der Waals surface area contributed by atoms with Crippen molar-refractivity contribution in [2.24, 2.45) is 0 Å². The maximum absolute atomic E-state index is 12.5. The van der Waals surface area contributed by atoms with E-state index in [-0.39, 0.29) is 11.8 Å². The minimum Gasteiger partial charge on any atom is -0.497 e. The summed E-state index contributed by atoms with van der Waals surface area (Å²) >= 11 is 0. The molecule has 1 heterocycles. The highest BCUT2D eigenvalue weighted by atomic mass is 16.5. The molecule has 30 heavy (non-hydrogen) atoms. The number of carbonyl (C=O) groups excluding carboxylic acids is 2. The van der Waals surface area contributed by atoms with Crippen molar-refractivity contribution in [2.75, 3.05) is 45.2 Å². The summed E-state index contributed by atoms with van der Waals surface area (Å²) in [5.74, 6) is 1.04. The van der Waals surface area contributed by atoms with Crippen LogP contribution in [0.5, 0.6) is 5.75 Å². The number of benzene rings is 2. The van der Waals surface area contributed by atoms with E-state index >= 15 is 0 Å². The van der Waals surface area contributed by atoms with Gasteiger partial charge in [-0.05, 0) is 55.2 Å². The molecule has 2 amide bonds. The van der Waals surface area contributed by atoms with E-state index < -0.39 is 0 Å². The monoisotopic (exact) mass is 410 g/mol. The Kier molecular flexibility index (Phi) is 7.46. The molecule has 2 aromatic rings. The summed E-state index contributed by atoms with van der Waals surface area (Å²) in [6, 6.07) is 13.8. The number of rotatable bonds is 7. The minimum atomic E-state index is 0.0259. The van der Waals surface area contributed by atoms with Crippen molar-refractivity contribution in [1.29, 1.82) is 0 Å². The zero-order valence-corrected chi connectivity index (χ0v) is 18.2. The SMILES string of the molecule is COc1ccc(CCC(=O)N2CC[NH+](CC(=O)Nc3cccc(C)c3C)CC2)cc1. The average Bonchev–Trinajstić information content (AvgIpc) is 2.76. The number of hydrogen-bond acceptors (Lipinski definition) is 3. The molecule has 0 spiro atoms. The molecule has 2 N–H and O–H groups in total. The maximum atomic E-state index is 12.5. The van der Waals surface area contributed by atoms with Crippen molar-refractivity contribution in [3.05, 3.63) is 59.2 Å². The Morgan fingerprint density at radius 3 is 2.43 bits per heavy atom. The van der Waals surface area contributed by atoms with Gasteiger partial charge < -0.3 is 19.9 Å². The third-order valence-electron chi connectivity index (χ3n) is 5.90. The third kappa shape index (κ3) is 5.83. The summed E-state index contributed by atoms with van der Waals surface area (Å²) in [5, 5.41) is 3.03. The lowest BCUT2D eigenvalue weighted by Crippen LogP contribution is -3.15. The molecule has 0 radical (unpaired) electrons. The van der Waals surface area contributed by atoms with Crippen molar-refractivity contribution in [3.8, 4) is 5.75 Å². The molecule has 2 aromatic carbocycles. The Labute approximate surface area is 178 Å². The summed E-state index contributed by atoms with van der Waals surface area (Å²) in [6.45, 7) is 7.50. The average molecular weight is 411 g/mol. The molecule has 1 saturated heterocycles. The number of methoxy groups -OCH3 is 1. The number of piperazine rings is 1. The van der Waals surface area contributed by atoms with Crippen molar-refractivity contribution >= 4 is 17.5 Å². The van der Waals surface area contributed by atoms with Crippen LogP contribution in [0.1, 0.15) is 23.1 Å². The second kappa shape index (κ2) is 10.3. The van der Waals surface area contributed by atoms with Crippen LogP contribution in [0, 0.1) is 13.8 Å². The largest absolute Gasteiger partial charge is 0.497 e. The highest BCUT2D eigenvalue weighted by Crippen LogP contribution is 2.17. The van der Waals surface area contributed by atoms with Crippen LogP contribution >= 0.6 is 0 Å². The van der Waals surface area contributed by atoms with E-state index in [4.69, 9.17) is 4.74 Å². The topological polar surface area (TPSA) is 63.1 Å². The van der Waals surface area contributed by atoms with Crippen molar-refractivity contribution in [3.63, 3.8) is 0 Å². The number of quaternary nitrogens is 1. The summed E-state index contributed by atoms with van der Waals surface area (Å²) < 4.78 is 5.17. The first-order valence-electron chi connectivity index (χ1n) is 10.6. The highest BCUT2D eigenvalue weighted by molar-refractivity contribution is 5.92. The molecule has 0 bridgehead atoms. The van der Waals surface area contributed by atoms with Crippen molar-refractivity contribution < 1.29 is 19.2 Å². The molecule has 0 aromatic heterocycles. The zero-order chi connectivity index (χ0) is 21.5. The molecule has 1 aliphatic heterocycles. The van der Waals surface area contributed by atoms with Crippen LogP contribution in [0.3, 0.4) is 0 Å². The van der Waals surface area contributed by atoms with Gasteiger partial charge in [-0.2, -0.15) is 0 Å². The van der Waals surface area contributed by atoms with E-state index in [1.165, 1.54) is 10.5 Å². The summed E-state index contributed by atoms with van der Waals surface area (Å²) in [7, 11) is 1.65. The van der Waals surface area contributed by atoms with Gasteiger partial charge in [0.25, 0.3) is 5.91 Å². The van der Waals surface area contributed by atoms with Gasteiger partial charge in [-0.25, -0.2) is 0 Å². The van der Waals surface area contributed by atoms with Crippen molar-refractivity contribution in [1.82, 2.24) is 4.90 Å². The summed E-state index contributed by atoms with van der Waals surface area (Å²) in [4.78, 5) is 28.1. The van der Waals surface area contributed by atoms with E-state index in [9.17, 15) is 9.59 Å². The Hall–Kier alpha value is -2.86. The molecular weight excluding hydrogens is 378 g/mol. The molecular formula is C24H32N3O3+. The second-order valence-electron chi connectivity index (χ2n) is 7.95. The van der Waals surface area contributed by atoms with Crippen molar-refractivity contribution in [2.45, 2.75) is 26.7 Å². The number of amides is 2. The van der Waals surface area contributed by atoms with Crippen LogP contribution in [0.15, 0.2) is 42.5 Å². The van der Waals surface area contributed by atoms with Gasteiger partial charge in [0.2, 0.25) is 5.91 Å². The number of hydrogen-bond donors (Lipinski definition) is 2. The molecule has 0 aliphatic carbocycles. The normalized spacial score (nSPS) is 14.4. The molecule has 3 rings (SSSR count). The Morgan fingerprint density at radius 2 is 1.77 bits per heavy atom. The van der Waals surface area contributed by atoms with E-state index in [1.54, 1.807) is 7.11 Å². The van der Waals surface area contributed by atoms with E-state index in [0.717, 1.165) is 42.1 Å². The quantitative estimate of drug-likeness (QED) is 0.729. The summed E-state index contributed by atoms with van der Waals surface area (Å²) in [6.07, 6.45) is 1.24. The first kappa shape index (κ1) is 21.8. The van der Waals surface area contributed by atoms with Crippen LogP contribution in [-0.2, 0) is 16.0 Å². The fourth-order valence-corrected chi connectivity index (χ4v) is 3.76. The number of nitrogens with one attached hydrogen (secondary N) is 2. The predicted molar refractivity (Wildman–Crippen MR) is 118 cm³/mol. The van der Waals surface area contributed by atoms with Crippen LogP contribution < -0.4 is 15.0 Å². The molecule has 1 aliphatic rings. The number of anilines is 1. The smallest absolute Gasteiger partial charge is 0.279 e. The van der Waals surface area contributed by atoms with Gasteiger partial charge in [-0.15, -0.1) is 0 Å². The van der Waals surface area contributed by atoms with Gasteiger partial charge in [0.1, 0.15) is 5.75 Å². The number of ether oxygens (including phenoxy) is 1. The zero-order valence-electron chi connectivity index (χ0n) is 18.2. The van der Waals surface area contributed by atoms with E-state index in [2.05, 4.69) is 5.32 Å². The van der Waals surface area contributed by atoms with Gasteiger partial charge >= 0.3 is 0 Å². The molecule has 1 fully saturated rings. The number of carbonyl (C=O) groups is 2.